The predicted molar refractivity (Wildman–Crippen MR) is 69.7 cm³/mol. The number of halogens is 2. The van der Waals surface area contributed by atoms with Crippen molar-refractivity contribution >= 4 is 33.2 Å². The second-order valence-electron chi connectivity index (χ2n) is 3.52. The van der Waals surface area contributed by atoms with Crippen LogP contribution in [0.4, 0.5) is 4.39 Å². The molecule has 2 rings (SSSR count). The molecule has 1 aromatic carbocycles. The molecule has 18 heavy (non-hydrogen) atoms. The number of carboxylic acids is 1. The molecule has 0 saturated heterocycles. The van der Waals surface area contributed by atoms with Crippen LogP contribution in [0.25, 0.3) is 0 Å². The number of hydrogen-bond acceptors (Lipinski definition) is 3. The molecule has 3 nitrogen and oxygen atoms in total. The van der Waals surface area contributed by atoms with Crippen LogP contribution in [0, 0.1) is 5.82 Å². The van der Waals surface area contributed by atoms with E-state index >= 15 is 0 Å². The van der Waals surface area contributed by atoms with Crippen molar-refractivity contribution in [2.45, 2.75) is 6.61 Å². The minimum Gasteiger partial charge on any atom is -0.488 e. The second kappa shape index (κ2) is 5.49. The zero-order chi connectivity index (χ0) is 13.1. The molecule has 0 atom stereocenters. The van der Waals surface area contributed by atoms with E-state index in [2.05, 4.69) is 15.9 Å². The SMILES string of the molecule is O=C(O)c1cc(OCc2cc(F)cc(Br)c2)cs1. The van der Waals surface area contributed by atoms with E-state index in [1.54, 1.807) is 11.4 Å². The average molecular weight is 331 g/mol. The molecule has 0 radical (unpaired) electrons. The Kier molecular flexibility index (Phi) is 3.98. The molecule has 1 aromatic heterocycles. The summed E-state index contributed by atoms with van der Waals surface area (Å²) in [5.41, 5.74) is 0.671. The molecule has 0 spiro atoms. The van der Waals surface area contributed by atoms with Crippen molar-refractivity contribution < 1.29 is 19.0 Å². The normalized spacial score (nSPS) is 10.3. The number of benzene rings is 1. The summed E-state index contributed by atoms with van der Waals surface area (Å²) in [6.45, 7) is 0.187. The monoisotopic (exact) mass is 330 g/mol. The first-order valence-corrected chi connectivity index (χ1v) is 6.61. The van der Waals surface area contributed by atoms with Crippen LogP contribution >= 0.6 is 27.3 Å². The van der Waals surface area contributed by atoms with Crippen LogP contribution in [0.3, 0.4) is 0 Å². The molecular formula is C12H8BrFO3S. The topological polar surface area (TPSA) is 46.5 Å². The van der Waals surface area contributed by atoms with E-state index in [0.717, 1.165) is 11.3 Å². The van der Waals surface area contributed by atoms with Gasteiger partial charge in [0.05, 0.1) is 0 Å². The van der Waals surface area contributed by atoms with E-state index in [-0.39, 0.29) is 17.3 Å². The van der Waals surface area contributed by atoms with Crippen molar-refractivity contribution in [3.05, 3.63) is 50.4 Å². The van der Waals surface area contributed by atoms with Gasteiger partial charge in [-0.2, -0.15) is 0 Å². The second-order valence-corrected chi connectivity index (χ2v) is 5.35. The maximum Gasteiger partial charge on any atom is 0.346 e. The summed E-state index contributed by atoms with van der Waals surface area (Å²) in [4.78, 5) is 10.9. The molecule has 6 heteroatoms. The Labute approximate surface area is 115 Å². The van der Waals surface area contributed by atoms with Gasteiger partial charge in [-0.1, -0.05) is 15.9 Å². The van der Waals surface area contributed by atoms with E-state index in [4.69, 9.17) is 9.84 Å². The maximum atomic E-state index is 13.1. The Balaban J connectivity index is 2.04. The first kappa shape index (κ1) is 13.0. The van der Waals surface area contributed by atoms with Crippen molar-refractivity contribution in [1.29, 1.82) is 0 Å². The molecule has 1 N–H and O–H groups in total. The van der Waals surface area contributed by atoms with Crippen LogP contribution in [0.2, 0.25) is 0 Å². The smallest absolute Gasteiger partial charge is 0.346 e. The van der Waals surface area contributed by atoms with Gasteiger partial charge in [-0.25, -0.2) is 9.18 Å². The van der Waals surface area contributed by atoms with Gasteiger partial charge in [0.1, 0.15) is 23.1 Å². The maximum absolute atomic E-state index is 13.1. The zero-order valence-corrected chi connectivity index (χ0v) is 11.4. The predicted octanol–water partition coefficient (Wildman–Crippen LogP) is 3.93. The molecule has 0 saturated carbocycles. The fourth-order valence-electron chi connectivity index (χ4n) is 1.37. The molecule has 0 aliphatic rings. The summed E-state index contributed by atoms with van der Waals surface area (Å²) in [6, 6.07) is 5.92. The molecule has 0 bridgehead atoms. The molecule has 0 unspecified atom stereocenters. The van der Waals surface area contributed by atoms with Gasteiger partial charge >= 0.3 is 5.97 Å². The van der Waals surface area contributed by atoms with Gasteiger partial charge in [-0.15, -0.1) is 11.3 Å². The summed E-state index contributed by atoms with van der Waals surface area (Å²) in [6.07, 6.45) is 0. The van der Waals surface area contributed by atoms with Crippen LogP contribution < -0.4 is 4.74 Å². The molecule has 0 aliphatic carbocycles. The Hall–Kier alpha value is -1.40. The number of carboxylic acid groups (broad SMARTS) is 1. The lowest BCUT2D eigenvalue weighted by Crippen LogP contribution is -1.96. The third kappa shape index (κ3) is 3.30. The van der Waals surface area contributed by atoms with Gasteiger partial charge in [-0.05, 0) is 23.8 Å². The molecule has 1 heterocycles. The van der Waals surface area contributed by atoms with Gasteiger partial charge in [0, 0.05) is 15.9 Å². The number of rotatable bonds is 4. The van der Waals surface area contributed by atoms with Gasteiger partial charge < -0.3 is 9.84 Å². The highest BCUT2D eigenvalue weighted by Gasteiger charge is 2.08. The highest BCUT2D eigenvalue weighted by Crippen LogP contribution is 2.23. The summed E-state index contributed by atoms with van der Waals surface area (Å²) in [5, 5.41) is 10.4. The standard InChI is InChI=1S/C12H8BrFO3S/c13-8-1-7(2-9(14)3-8)5-17-10-4-11(12(15)16)18-6-10/h1-4,6H,5H2,(H,15,16). The van der Waals surface area contributed by atoms with E-state index < -0.39 is 5.97 Å². The molecule has 0 aliphatic heterocycles. The largest absolute Gasteiger partial charge is 0.488 e. The first-order valence-electron chi connectivity index (χ1n) is 4.94. The Bertz CT molecular complexity index is 562. The molecule has 2 aromatic rings. The van der Waals surface area contributed by atoms with E-state index in [1.165, 1.54) is 18.2 Å². The van der Waals surface area contributed by atoms with Crippen molar-refractivity contribution in [3.8, 4) is 5.75 Å². The summed E-state index contributed by atoms with van der Waals surface area (Å²) in [7, 11) is 0. The lowest BCUT2D eigenvalue weighted by Gasteiger charge is -2.04. The lowest BCUT2D eigenvalue weighted by atomic mass is 10.2. The quantitative estimate of drug-likeness (QED) is 0.923. The zero-order valence-electron chi connectivity index (χ0n) is 9.02. The summed E-state index contributed by atoms with van der Waals surface area (Å²) >= 11 is 4.28. The molecular weight excluding hydrogens is 323 g/mol. The van der Waals surface area contributed by atoms with Gasteiger partial charge in [0.15, 0.2) is 0 Å². The van der Waals surface area contributed by atoms with Gasteiger partial charge in [0.2, 0.25) is 0 Å². The van der Waals surface area contributed by atoms with Crippen LogP contribution in [0.5, 0.6) is 5.75 Å². The highest BCUT2D eigenvalue weighted by atomic mass is 79.9. The Morgan fingerprint density at radius 2 is 2.17 bits per heavy atom. The van der Waals surface area contributed by atoms with E-state index in [0.29, 0.717) is 15.8 Å². The van der Waals surface area contributed by atoms with Gasteiger partial charge in [-0.3, -0.25) is 0 Å². The Morgan fingerprint density at radius 1 is 1.39 bits per heavy atom. The van der Waals surface area contributed by atoms with E-state index in [9.17, 15) is 9.18 Å². The van der Waals surface area contributed by atoms with Gasteiger partial charge in [0.25, 0.3) is 0 Å². The van der Waals surface area contributed by atoms with Crippen molar-refractivity contribution in [3.63, 3.8) is 0 Å². The first-order chi connectivity index (χ1) is 8.54. The van der Waals surface area contributed by atoms with Crippen molar-refractivity contribution in [2.75, 3.05) is 0 Å². The third-order valence-corrected chi connectivity index (χ3v) is 3.47. The fraction of sp³-hybridized carbons (Fsp3) is 0.0833. The average Bonchev–Trinajstić information content (AvgIpc) is 2.73. The van der Waals surface area contributed by atoms with Crippen LogP contribution in [0.1, 0.15) is 15.2 Å². The lowest BCUT2D eigenvalue weighted by molar-refractivity contribution is 0.0702. The molecule has 0 fully saturated rings. The fourth-order valence-corrected chi connectivity index (χ4v) is 2.54. The van der Waals surface area contributed by atoms with Crippen molar-refractivity contribution in [1.82, 2.24) is 0 Å². The van der Waals surface area contributed by atoms with Crippen LogP contribution in [-0.4, -0.2) is 11.1 Å². The summed E-state index contributed by atoms with van der Waals surface area (Å²) < 4.78 is 19.1. The molecule has 0 amide bonds. The highest BCUT2D eigenvalue weighted by molar-refractivity contribution is 9.10. The number of thiophene rings is 1. The van der Waals surface area contributed by atoms with Crippen LogP contribution in [0.15, 0.2) is 34.1 Å². The van der Waals surface area contributed by atoms with Crippen LogP contribution in [-0.2, 0) is 6.61 Å². The minimum absolute atomic E-state index is 0.187. The third-order valence-electron chi connectivity index (χ3n) is 2.11. The minimum atomic E-state index is -0.983. The number of hydrogen-bond donors (Lipinski definition) is 1. The Morgan fingerprint density at radius 3 is 2.78 bits per heavy atom. The molecule has 94 valence electrons. The van der Waals surface area contributed by atoms with E-state index in [1.807, 2.05) is 0 Å². The summed E-state index contributed by atoms with van der Waals surface area (Å²) in [5.74, 6) is -0.861. The number of ether oxygens (including phenoxy) is 1. The number of carbonyl (C=O) groups is 1. The van der Waals surface area contributed by atoms with Crippen molar-refractivity contribution in [2.24, 2.45) is 0 Å². The number of aromatic carboxylic acids is 1.